The lowest BCUT2D eigenvalue weighted by Gasteiger charge is -2.12. The first kappa shape index (κ1) is 15.5. The maximum atomic E-state index is 13.4. The summed E-state index contributed by atoms with van der Waals surface area (Å²) < 4.78 is 67.1. The van der Waals surface area contributed by atoms with Crippen LogP contribution in [0.2, 0.25) is 0 Å². The third-order valence-corrected chi connectivity index (χ3v) is 2.84. The lowest BCUT2D eigenvalue weighted by atomic mass is 10.2. The fraction of sp³-hybridized carbons (Fsp3) is 0.417. The molecule has 1 fully saturated rings. The Balaban J connectivity index is 2.00. The number of carbonyl (C=O) groups is 1. The Kier molecular flexibility index (Phi) is 4.31. The summed E-state index contributed by atoms with van der Waals surface area (Å²) in [5.74, 6) is -5.50. The molecule has 1 aliphatic heterocycles. The zero-order chi connectivity index (χ0) is 15.6. The van der Waals surface area contributed by atoms with Crippen molar-refractivity contribution < 1.29 is 31.5 Å². The predicted octanol–water partition coefficient (Wildman–Crippen LogP) is 2.36. The van der Waals surface area contributed by atoms with E-state index in [1.54, 1.807) is 0 Å². The van der Waals surface area contributed by atoms with Crippen LogP contribution in [0.4, 0.5) is 27.6 Å². The third-order valence-electron chi connectivity index (χ3n) is 2.84. The maximum absolute atomic E-state index is 13.4. The molecule has 2 rings (SSSR count). The molecule has 1 amide bonds. The molecular formula is C12H11F5N2O2. The van der Waals surface area contributed by atoms with E-state index in [9.17, 15) is 26.7 Å². The van der Waals surface area contributed by atoms with Crippen molar-refractivity contribution in [2.45, 2.75) is 25.0 Å². The molecule has 0 saturated carbocycles. The molecule has 1 aliphatic rings. The maximum Gasteiger partial charge on any atom is 0.387 e. The van der Waals surface area contributed by atoms with Gasteiger partial charge in [-0.3, -0.25) is 10.1 Å². The van der Waals surface area contributed by atoms with Crippen LogP contribution in [-0.2, 0) is 4.79 Å². The Hall–Kier alpha value is -1.90. The molecule has 116 valence electrons. The number of anilines is 1. The fourth-order valence-corrected chi connectivity index (χ4v) is 1.90. The van der Waals surface area contributed by atoms with Crippen molar-refractivity contribution >= 4 is 11.6 Å². The van der Waals surface area contributed by atoms with E-state index in [2.05, 4.69) is 15.4 Å². The summed E-state index contributed by atoms with van der Waals surface area (Å²) in [6, 6.07) is 1.71. The van der Waals surface area contributed by atoms with Crippen molar-refractivity contribution in [3.63, 3.8) is 0 Å². The molecule has 0 radical (unpaired) electrons. The van der Waals surface area contributed by atoms with Gasteiger partial charge in [-0.25, -0.2) is 13.2 Å². The molecule has 1 saturated heterocycles. The highest BCUT2D eigenvalue weighted by atomic mass is 19.3. The molecule has 2 N–H and O–H groups in total. The average Bonchev–Trinajstić information content (AvgIpc) is 2.73. The van der Waals surface area contributed by atoms with Crippen molar-refractivity contribution in [1.82, 2.24) is 5.32 Å². The third kappa shape index (κ3) is 4.03. The van der Waals surface area contributed by atoms with Crippen LogP contribution in [0.1, 0.15) is 6.42 Å². The van der Waals surface area contributed by atoms with Gasteiger partial charge in [0, 0.05) is 18.2 Å². The van der Waals surface area contributed by atoms with Gasteiger partial charge in [0.1, 0.15) is 0 Å². The second kappa shape index (κ2) is 5.84. The summed E-state index contributed by atoms with van der Waals surface area (Å²) in [7, 11) is 0. The molecule has 1 heterocycles. The van der Waals surface area contributed by atoms with Crippen molar-refractivity contribution in [1.29, 1.82) is 0 Å². The molecule has 0 aromatic heterocycles. The van der Waals surface area contributed by atoms with Crippen LogP contribution in [0.5, 0.6) is 5.75 Å². The van der Waals surface area contributed by atoms with Gasteiger partial charge in [-0.15, -0.1) is 0 Å². The van der Waals surface area contributed by atoms with E-state index in [-0.39, 0.29) is 5.69 Å². The summed E-state index contributed by atoms with van der Waals surface area (Å²) in [5.41, 5.74) is -0.0452. The minimum Gasteiger partial charge on any atom is -0.432 e. The first-order chi connectivity index (χ1) is 9.77. The van der Waals surface area contributed by atoms with Crippen molar-refractivity contribution in [2.75, 3.05) is 11.9 Å². The number of amides is 1. The highest BCUT2D eigenvalue weighted by Gasteiger charge is 2.42. The van der Waals surface area contributed by atoms with E-state index in [0.717, 1.165) is 18.2 Å². The number of hydrogen-bond acceptors (Lipinski definition) is 3. The number of benzene rings is 1. The van der Waals surface area contributed by atoms with Crippen LogP contribution in [0, 0.1) is 5.82 Å². The van der Waals surface area contributed by atoms with Crippen LogP contribution in [-0.4, -0.2) is 31.0 Å². The van der Waals surface area contributed by atoms with Gasteiger partial charge in [-0.2, -0.15) is 8.78 Å². The minimum atomic E-state index is -3.18. The molecule has 1 atom stereocenters. The van der Waals surface area contributed by atoms with E-state index in [0.29, 0.717) is 0 Å². The molecule has 21 heavy (non-hydrogen) atoms. The van der Waals surface area contributed by atoms with Gasteiger partial charge in [0.2, 0.25) is 5.91 Å². The average molecular weight is 310 g/mol. The van der Waals surface area contributed by atoms with Crippen LogP contribution >= 0.6 is 0 Å². The Morgan fingerprint density at radius 2 is 2.14 bits per heavy atom. The molecule has 0 bridgehead atoms. The summed E-state index contributed by atoms with van der Waals surface area (Å²) >= 11 is 0. The Labute approximate surface area is 116 Å². The molecule has 1 aromatic carbocycles. The number of hydrogen-bond donors (Lipinski definition) is 2. The van der Waals surface area contributed by atoms with Gasteiger partial charge in [0.15, 0.2) is 11.6 Å². The number of rotatable bonds is 4. The zero-order valence-corrected chi connectivity index (χ0v) is 10.5. The summed E-state index contributed by atoms with van der Waals surface area (Å²) in [5, 5.41) is 4.56. The predicted molar refractivity (Wildman–Crippen MR) is 63.0 cm³/mol. The first-order valence-electron chi connectivity index (χ1n) is 5.93. The van der Waals surface area contributed by atoms with Crippen molar-refractivity contribution in [2.24, 2.45) is 0 Å². The molecule has 1 aromatic rings. The van der Waals surface area contributed by atoms with Crippen LogP contribution in [0.15, 0.2) is 18.2 Å². The normalized spacial score (nSPS) is 20.6. The number of carbonyl (C=O) groups excluding carboxylic acids is 1. The van der Waals surface area contributed by atoms with E-state index in [1.807, 2.05) is 0 Å². The highest BCUT2D eigenvalue weighted by molar-refractivity contribution is 5.95. The molecule has 0 spiro atoms. The summed E-state index contributed by atoms with van der Waals surface area (Å²) in [6.45, 7) is -3.79. The number of ether oxygens (including phenoxy) is 1. The molecular weight excluding hydrogens is 299 g/mol. The van der Waals surface area contributed by atoms with E-state index in [1.165, 1.54) is 0 Å². The number of halogens is 5. The van der Waals surface area contributed by atoms with Gasteiger partial charge in [0.25, 0.3) is 5.92 Å². The standard InChI is InChI=1S/C12H11F5N2O2/c13-7-3-6(1-2-9(7)21-11(14)15)19-10(20)8-4-12(16,17)5-18-8/h1-3,8,11,18H,4-5H2,(H,19,20). The van der Waals surface area contributed by atoms with Gasteiger partial charge in [-0.1, -0.05) is 0 Å². The number of nitrogens with one attached hydrogen (secondary N) is 2. The van der Waals surface area contributed by atoms with E-state index >= 15 is 0 Å². The largest absolute Gasteiger partial charge is 0.432 e. The molecule has 1 unspecified atom stereocenters. The van der Waals surface area contributed by atoms with Crippen LogP contribution in [0.25, 0.3) is 0 Å². The van der Waals surface area contributed by atoms with Crippen LogP contribution in [0.3, 0.4) is 0 Å². The van der Waals surface area contributed by atoms with Gasteiger partial charge >= 0.3 is 6.61 Å². The highest BCUT2D eigenvalue weighted by Crippen LogP contribution is 2.27. The molecule has 4 nitrogen and oxygen atoms in total. The van der Waals surface area contributed by atoms with Gasteiger partial charge < -0.3 is 10.1 Å². The minimum absolute atomic E-state index is 0.0452. The van der Waals surface area contributed by atoms with Gasteiger partial charge in [0.05, 0.1) is 12.6 Å². The lowest BCUT2D eigenvalue weighted by Crippen LogP contribution is -2.35. The summed E-state index contributed by atoms with van der Waals surface area (Å²) in [6.07, 6.45) is -0.659. The monoisotopic (exact) mass is 310 g/mol. The Morgan fingerprint density at radius 1 is 1.43 bits per heavy atom. The van der Waals surface area contributed by atoms with E-state index < -0.39 is 49.0 Å². The number of alkyl halides is 4. The fourth-order valence-electron chi connectivity index (χ4n) is 1.90. The smallest absolute Gasteiger partial charge is 0.387 e. The SMILES string of the molecule is O=C(Nc1ccc(OC(F)F)c(F)c1)C1CC(F)(F)CN1. The second-order valence-corrected chi connectivity index (χ2v) is 4.51. The Bertz CT molecular complexity index is 538. The molecule has 0 aliphatic carbocycles. The van der Waals surface area contributed by atoms with E-state index in [4.69, 9.17) is 0 Å². The lowest BCUT2D eigenvalue weighted by molar-refractivity contribution is -0.118. The quantitative estimate of drug-likeness (QED) is 0.840. The topological polar surface area (TPSA) is 50.4 Å². The Morgan fingerprint density at radius 3 is 2.67 bits per heavy atom. The van der Waals surface area contributed by atoms with Crippen molar-refractivity contribution in [3.05, 3.63) is 24.0 Å². The zero-order valence-electron chi connectivity index (χ0n) is 10.5. The summed E-state index contributed by atoms with van der Waals surface area (Å²) in [4.78, 5) is 11.7. The van der Waals surface area contributed by atoms with Crippen molar-refractivity contribution in [3.8, 4) is 5.75 Å². The van der Waals surface area contributed by atoms with Gasteiger partial charge in [-0.05, 0) is 12.1 Å². The second-order valence-electron chi connectivity index (χ2n) is 4.51. The first-order valence-corrected chi connectivity index (χ1v) is 5.93. The van der Waals surface area contributed by atoms with Crippen LogP contribution < -0.4 is 15.4 Å². The molecule has 9 heteroatoms.